The van der Waals surface area contributed by atoms with E-state index in [2.05, 4.69) is 20.3 Å². The lowest BCUT2D eigenvalue weighted by Crippen LogP contribution is -2.33. The molecule has 0 spiro atoms. The van der Waals surface area contributed by atoms with Gasteiger partial charge < -0.3 is 35.2 Å². The van der Waals surface area contributed by atoms with E-state index in [0.717, 1.165) is 5.56 Å². The Labute approximate surface area is 165 Å². The van der Waals surface area contributed by atoms with Gasteiger partial charge in [-0.1, -0.05) is 0 Å². The second kappa shape index (κ2) is 7.79. The van der Waals surface area contributed by atoms with Crippen molar-refractivity contribution >= 4 is 17.0 Å². The number of hydrogen-bond acceptors (Lipinski definition) is 10. The molecule has 3 aromatic rings. The number of aliphatic hydroxyl groups is 3. The molecule has 1 aliphatic rings. The van der Waals surface area contributed by atoms with Crippen LogP contribution in [-0.2, 0) is 11.3 Å². The minimum Gasteiger partial charge on any atom is -0.508 e. The molecule has 11 heteroatoms. The molecule has 154 valence electrons. The fourth-order valence-electron chi connectivity index (χ4n) is 3.33. The average molecular weight is 403 g/mol. The highest BCUT2D eigenvalue weighted by Crippen LogP contribution is 2.32. The third-order valence-electron chi connectivity index (χ3n) is 4.80. The van der Waals surface area contributed by atoms with E-state index in [0.29, 0.717) is 29.3 Å². The fraction of sp³-hybridized carbons (Fsp3) is 0.389. The number of aromatic nitrogens is 4. The number of nitrogens with one attached hydrogen (secondary N) is 1. The maximum absolute atomic E-state index is 10.3. The number of fused-ring (bicyclic) bond motifs is 1. The Bertz CT molecular complexity index is 1010. The van der Waals surface area contributed by atoms with E-state index in [4.69, 9.17) is 9.47 Å². The summed E-state index contributed by atoms with van der Waals surface area (Å²) in [4.78, 5) is 12.7. The minimum absolute atomic E-state index is 0.0858. The molecule has 4 rings (SSSR count). The van der Waals surface area contributed by atoms with Gasteiger partial charge >= 0.3 is 0 Å². The molecule has 11 nitrogen and oxygen atoms in total. The number of aliphatic hydroxyl groups excluding tert-OH is 3. The molecule has 1 aromatic carbocycles. The number of nitrogens with zero attached hydrogens (tertiary/aromatic N) is 4. The summed E-state index contributed by atoms with van der Waals surface area (Å²) >= 11 is 0. The number of anilines is 1. The summed E-state index contributed by atoms with van der Waals surface area (Å²) in [6, 6.07) is 4.89. The zero-order valence-electron chi connectivity index (χ0n) is 15.5. The van der Waals surface area contributed by atoms with Crippen molar-refractivity contribution in [3.05, 3.63) is 36.4 Å². The lowest BCUT2D eigenvalue weighted by Gasteiger charge is -2.16. The van der Waals surface area contributed by atoms with Crippen molar-refractivity contribution in [1.82, 2.24) is 19.5 Å². The van der Waals surface area contributed by atoms with Crippen LogP contribution in [0, 0.1) is 0 Å². The van der Waals surface area contributed by atoms with Crippen molar-refractivity contribution < 1.29 is 29.9 Å². The summed E-state index contributed by atoms with van der Waals surface area (Å²) in [5, 5.41) is 42.4. The van der Waals surface area contributed by atoms with Crippen molar-refractivity contribution in [2.75, 3.05) is 19.0 Å². The van der Waals surface area contributed by atoms with Crippen LogP contribution in [-0.4, -0.2) is 72.0 Å². The van der Waals surface area contributed by atoms with Gasteiger partial charge in [-0.15, -0.1) is 0 Å². The predicted octanol–water partition coefficient (Wildman–Crippen LogP) is -0.236. The molecule has 1 unspecified atom stereocenters. The minimum atomic E-state index is -1.24. The van der Waals surface area contributed by atoms with Crippen LogP contribution in [0.3, 0.4) is 0 Å². The molecule has 1 saturated heterocycles. The fourth-order valence-corrected chi connectivity index (χ4v) is 3.33. The molecule has 3 heterocycles. The number of ether oxygens (including phenoxy) is 2. The summed E-state index contributed by atoms with van der Waals surface area (Å²) in [7, 11) is 1.52. The first-order valence-corrected chi connectivity index (χ1v) is 8.92. The lowest BCUT2D eigenvalue weighted by molar-refractivity contribution is -0.0511. The largest absolute Gasteiger partial charge is 0.508 e. The monoisotopic (exact) mass is 403 g/mol. The molecule has 0 aliphatic carbocycles. The molecule has 0 radical (unpaired) electrons. The molecular weight excluding hydrogens is 382 g/mol. The Hall–Kier alpha value is -2.99. The van der Waals surface area contributed by atoms with Crippen molar-refractivity contribution in [2.24, 2.45) is 0 Å². The molecule has 1 aliphatic heterocycles. The average Bonchev–Trinajstić information content (AvgIpc) is 3.27. The molecule has 2 aromatic heterocycles. The molecule has 1 fully saturated rings. The van der Waals surface area contributed by atoms with E-state index in [1.54, 1.807) is 12.1 Å². The Morgan fingerprint density at radius 3 is 2.72 bits per heavy atom. The van der Waals surface area contributed by atoms with Crippen molar-refractivity contribution in [3.8, 4) is 11.5 Å². The standard InChI is InChI=1S/C18H21N5O6/c1-28-11-3-9(2-10(25)4-11)5-19-16-13-17(21-7-20-16)23(8-22-13)18-15(27)14(26)12(6-24)29-18/h2-4,7-8,12,14-15,18,24-27H,5-6H2,1H3,(H,19,20,21)/t12-,14-,15+,18?/m1/s1. The van der Waals surface area contributed by atoms with E-state index in [-0.39, 0.29) is 5.75 Å². The van der Waals surface area contributed by atoms with Crippen LogP contribution in [0.4, 0.5) is 5.82 Å². The van der Waals surface area contributed by atoms with Crippen molar-refractivity contribution in [3.63, 3.8) is 0 Å². The zero-order chi connectivity index (χ0) is 20.5. The van der Waals surface area contributed by atoms with E-state index in [1.165, 1.54) is 30.4 Å². The normalized spacial score (nSPS) is 24.1. The number of imidazole rings is 1. The van der Waals surface area contributed by atoms with Gasteiger partial charge in [-0.2, -0.15) is 0 Å². The topological polar surface area (TPSA) is 155 Å². The van der Waals surface area contributed by atoms with Crippen molar-refractivity contribution in [1.29, 1.82) is 0 Å². The SMILES string of the molecule is COc1cc(O)cc(CNc2ncnc3c2ncn3C2O[C@H](CO)[C@@H](O)[C@@H]2O)c1. The van der Waals surface area contributed by atoms with Crippen LogP contribution in [0.25, 0.3) is 11.2 Å². The van der Waals surface area contributed by atoms with Gasteiger partial charge in [-0.05, 0) is 17.7 Å². The van der Waals surface area contributed by atoms with Crippen LogP contribution in [0.2, 0.25) is 0 Å². The third-order valence-corrected chi connectivity index (χ3v) is 4.80. The lowest BCUT2D eigenvalue weighted by atomic mass is 10.1. The molecular formula is C18H21N5O6. The number of benzene rings is 1. The molecule has 0 bridgehead atoms. The van der Waals surface area contributed by atoms with E-state index >= 15 is 0 Å². The Morgan fingerprint density at radius 2 is 2.00 bits per heavy atom. The van der Waals surface area contributed by atoms with Gasteiger partial charge in [0.15, 0.2) is 23.2 Å². The predicted molar refractivity (Wildman–Crippen MR) is 100 cm³/mol. The number of rotatable bonds is 6. The number of phenols is 1. The maximum atomic E-state index is 10.3. The summed E-state index contributed by atoms with van der Waals surface area (Å²) in [5.41, 5.74) is 1.61. The molecule has 0 amide bonds. The van der Waals surface area contributed by atoms with Crippen molar-refractivity contribution in [2.45, 2.75) is 31.1 Å². The van der Waals surface area contributed by atoms with E-state index < -0.39 is 31.1 Å². The molecule has 5 N–H and O–H groups in total. The summed E-state index contributed by atoms with van der Waals surface area (Å²) < 4.78 is 12.2. The Morgan fingerprint density at radius 1 is 1.17 bits per heavy atom. The van der Waals surface area contributed by atoms with Gasteiger partial charge in [0.1, 0.15) is 36.1 Å². The van der Waals surface area contributed by atoms with E-state index in [9.17, 15) is 20.4 Å². The molecule has 29 heavy (non-hydrogen) atoms. The number of methoxy groups -OCH3 is 1. The van der Waals surface area contributed by atoms with Crippen LogP contribution in [0.5, 0.6) is 11.5 Å². The molecule has 0 saturated carbocycles. The highest BCUT2D eigenvalue weighted by atomic mass is 16.6. The van der Waals surface area contributed by atoms with Crippen LogP contribution >= 0.6 is 0 Å². The maximum Gasteiger partial charge on any atom is 0.167 e. The number of aromatic hydroxyl groups is 1. The Balaban J connectivity index is 1.59. The van der Waals surface area contributed by atoms with Crippen LogP contribution < -0.4 is 10.1 Å². The first-order valence-electron chi connectivity index (χ1n) is 8.92. The summed E-state index contributed by atoms with van der Waals surface area (Å²) in [5.74, 6) is 1.06. The van der Waals surface area contributed by atoms with Crippen LogP contribution in [0.15, 0.2) is 30.9 Å². The van der Waals surface area contributed by atoms with Gasteiger partial charge in [-0.3, -0.25) is 4.57 Å². The number of phenolic OH excluding ortho intramolecular Hbond substituents is 1. The summed E-state index contributed by atoms with van der Waals surface area (Å²) in [6.45, 7) is -0.0753. The van der Waals surface area contributed by atoms with Gasteiger partial charge in [0, 0.05) is 12.6 Å². The number of hydrogen-bond donors (Lipinski definition) is 5. The third kappa shape index (κ3) is 3.56. The van der Waals surface area contributed by atoms with Gasteiger partial charge in [0.2, 0.25) is 0 Å². The summed E-state index contributed by atoms with van der Waals surface area (Å²) in [6.07, 6.45) is -1.52. The zero-order valence-corrected chi connectivity index (χ0v) is 15.5. The highest BCUT2D eigenvalue weighted by Gasteiger charge is 2.44. The van der Waals surface area contributed by atoms with Gasteiger partial charge in [0.25, 0.3) is 0 Å². The smallest absolute Gasteiger partial charge is 0.167 e. The Kier molecular flexibility index (Phi) is 5.20. The second-order valence-electron chi connectivity index (χ2n) is 6.67. The first kappa shape index (κ1) is 19.3. The van der Waals surface area contributed by atoms with Crippen LogP contribution in [0.1, 0.15) is 11.8 Å². The van der Waals surface area contributed by atoms with E-state index in [1.807, 2.05) is 0 Å². The van der Waals surface area contributed by atoms with Gasteiger partial charge in [0.05, 0.1) is 20.0 Å². The highest BCUT2D eigenvalue weighted by molar-refractivity contribution is 5.82. The van der Waals surface area contributed by atoms with Gasteiger partial charge in [-0.25, -0.2) is 15.0 Å². The molecule has 4 atom stereocenters. The quantitative estimate of drug-likeness (QED) is 0.372. The second-order valence-corrected chi connectivity index (χ2v) is 6.67. The first-order chi connectivity index (χ1) is 14.0.